The topological polar surface area (TPSA) is 17.1 Å². The van der Waals surface area contributed by atoms with Crippen molar-refractivity contribution in [2.24, 2.45) is 0 Å². The van der Waals surface area contributed by atoms with Crippen molar-refractivity contribution in [2.45, 2.75) is 19.6 Å². The summed E-state index contributed by atoms with van der Waals surface area (Å²) in [5, 5.41) is 1.32. The molecule has 0 aliphatic rings. The van der Waals surface area contributed by atoms with Crippen molar-refractivity contribution < 1.29 is 4.79 Å². The van der Waals surface area contributed by atoms with Crippen molar-refractivity contribution in [3.05, 3.63) is 109 Å². The maximum absolute atomic E-state index is 13.2. The molecule has 0 saturated carbocycles. The van der Waals surface area contributed by atoms with Crippen LogP contribution >= 0.6 is 35.0 Å². The van der Waals surface area contributed by atoms with Crippen molar-refractivity contribution in [3.8, 4) is 0 Å². The van der Waals surface area contributed by atoms with Crippen LogP contribution in [0, 0.1) is 13.8 Å². The molecule has 0 aliphatic heterocycles. The number of hydrogen-bond acceptors (Lipinski definition) is 2. The third-order valence-electron chi connectivity index (χ3n) is 4.36. The average molecular weight is 427 g/mol. The Kier molecular flexibility index (Phi) is 7.01. The summed E-state index contributed by atoms with van der Waals surface area (Å²) in [5.74, 6) is 0.684. The Balaban J connectivity index is 1.93. The van der Waals surface area contributed by atoms with Crippen molar-refractivity contribution in [2.75, 3.05) is 0 Å². The van der Waals surface area contributed by atoms with Crippen molar-refractivity contribution >= 4 is 46.8 Å². The minimum Gasteiger partial charge on any atom is -0.288 e. The van der Waals surface area contributed by atoms with Crippen molar-refractivity contribution in [1.29, 1.82) is 0 Å². The summed E-state index contributed by atoms with van der Waals surface area (Å²) in [5.41, 5.74) is 5.10. The van der Waals surface area contributed by atoms with E-state index in [9.17, 15) is 4.79 Å². The van der Waals surface area contributed by atoms with Gasteiger partial charge in [0.15, 0.2) is 5.78 Å². The Hall–Kier alpha value is -2.00. The predicted octanol–water partition coefficient (Wildman–Crippen LogP) is 7.77. The number of thioether (sulfide) groups is 1. The van der Waals surface area contributed by atoms with Crippen LogP contribution in [0.1, 0.15) is 32.6 Å². The first kappa shape index (κ1) is 20.7. The fraction of sp³-hybridized carbons (Fsp3) is 0.125. The van der Waals surface area contributed by atoms with Gasteiger partial charge in [0.05, 0.1) is 4.91 Å². The van der Waals surface area contributed by atoms with Crippen LogP contribution in [-0.2, 0) is 5.75 Å². The number of carbonyl (C=O) groups excluding carboxylic acids is 1. The van der Waals surface area contributed by atoms with E-state index in [0.29, 0.717) is 26.3 Å². The van der Waals surface area contributed by atoms with Gasteiger partial charge in [0, 0.05) is 21.4 Å². The molecule has 28 heavy (non-hydrogen) atoms. The van der Waals surface area contributed by atoms with Gasteiger partial charge in [-0.05, 0) is 73.0 Å². The smallest absolute Gasteiger partial charge is 0.199 e. The van der Waals surface area contributed by atoms with Crippen LogP contribution in [0.25, 0.3) is 6.08 Å². The van der Waals surface area contributed by atoms with E-state index in [0.717, 1.165) is 22.3 Å². The molecule has 0 saturated heterocycles. The molecule has 0 fully saturated rings. The minimum atomic E-state index is -0.00321. The third kappa shape index (κ3) is 5.51. The molecule has 0 heterocycles. The number of ketones is 1. The SMILES string of the molecule is Cc1ccc(C)c(/C=C(/SCc2ccc(Cl)cc2)C(=O)c2ccc(Cl)cc2)c1. The molecule has 0 bridgehead atoms. The maximum Gasteiger partial charge on any atom is 0.199 e. The zero-order valence-electron chi connectivity index (χ0n) is 15.7. The van der Waals surface area contributed by atoms with Gasteiger partial charge in [-0.25, -0.2) is 0 Å². The summed E-state index contributed by atoms with van der Waals surface area (Å²) in [4.78, 5) is 13.9. The van der Waals surface area contributed by atoms with E-state index >= 15 is 0 Å². The van der Waals surface area contributed by atoms with E-state index in [1.807, 2.05) is 30.3 Å². The maximum atomic E-state index is 13.2. The summed E-state index contributed by atoms with van der Waals surface area (Å²) in [6, 6.07) is 21.0. The molecule has 4 heteroatoms. The van der Waals surface area contributed by atoms with Crippen molar-refractivity contribution in [1.82, 2.24) is 0 Å². The van der Waals surface area contributed by atoms with Crippen molar-refractivity contribution in [3.63, 3.8) is 0 Å². The van der Waals surface area contributed by atoms with E-state index in [2.05, 4.69) is 32.0 Å². The summed E-state index contributed by atoms with van der Waals surface area (Å²) < 4.78 is 0. The Labute approximate surface area is 180 Å². The molecule has 0 radical (unpaired) electrons. The number of halogens is 2. The van der Waals surface area contributed by atoms with E-state index in [1.165, 1.54) is 11.8 Å². The molecule has 142 valence electrons. The van der Waals surface area contributed by atoms with E-state index < -0.39 is 0 Å². The summed E-state index contributed by atoms with van der Waals surface area (Å²) in [6.07, 6.45) is 1.99. The number of hydrogen-bond donors (Lipinski definition) is 0. The van der Waals surface area contributed by atoms with Gasteiger partial charge in [-0.3, -0.25) is 4.79 Å². The fourth-order valence-electron chi connectivity index (χ4n) is 2.71. The van der Waals surface area contributed by atoms with Gasteiger partial charge in [-0.15, -0.1) is 11.8 Å². The van der Waals surface area contributed by atoms with Crippen LogP contribution in [0.3, 0.4) is 0 Å². The Morgan fingerprint density at radius 2 is 1.50 bits per heavy atom. The third-order valence-corrected chi connectivity index (χ3v) is 5.96. The molecule has 1 nitrogen and oxygen atoms in total. The molecular formula is C24H20Cl2OS. The molecule has 0 N–H and O–H groups in total. The van der Waals surface area contributed by atoms with Crippen LogP contribution in [-0.4, -0.2) is 5.78 Å². The van der Waals surface area contributed by atoms with Crippen LogP contribution < -0.4 is 0 Å². The number of rotatable bonds is 6. The molecule has 0 amide bonds. The highest BCUT2D eigenvalue weighted by Crippen LogP contribution is 2.29. The van der Waals surface area contributed by atoms with E-state index in [-0.39, 0.29) is 5.78 Å². The lowest BCUT2D eigenvalue weighted by atomic mass is 10.0. The average Bonchev–Trinajstić information content (AvgIpc) is 2.69. The number of aryl methyl sites for hydroxylation is 2. The Bertz CT molecular complexity index is 1010. The van der Waals surface area contributed by atoms with Gasteiger partial charge < -0.3 is 0 Å². The zero-order chi connectivity index (χ0) is 20.1. The molecular weight excluding hydrogens is 407 g/mol. The van der Waals surface area contributed by atoms with Gasteiger partial charge >= 0.3 is 0 Å². The fourth-order valence-corrected chi connectivity index (χ4v) is 3.94. The number of allylic oxidation sites excluding steroid dienone is 1. The molecule has 3 rings (SSSR count). The highest BCUT2D eigenvalue weighted by molar-refractivity contribution is 8.03. The van der Waals surface area contributed by atoms with Crippen LogP contribution in [0.4, 0.5) is 0 Å². The van der Waals surface area contributed by atoms with Gasteiger partial charge in [-0.2, -0.15) is 0 Å². The molecule has 0 aromatic heterocycles. The predicted molar refractivity (Wildman–Crippen MR) is 122 cm³/mol. The second-order valence-corrected chi connectivity index (χ2v) is 8.51. The minimum absolute atomic E-state index is 0.00321. The molecule has 3 aromatic carbocycles. The van der Waals surface area contributed by atoms with Gasteiger partial charge in [0.1, 0.15) is 0 Å². The number of benzene rings is 3. The summed E-state index contributed by atoms with van der Waals surface area (Å²) >= 11 is 13.5. The normalized spacial score (nSPS) is 11.5. The number of carbonyl (C=O) groups is 1. The van der Waals surface area contributed by atoms with Crippen LogP contribution in [0.2, 0.25) is 10.0 Å². The first-order chi connectivity index (χ1) is 13.4. The first-order valence-electron chi connectivity index (χ1n) is 8.89. The number of Topliss-reactive ketones (excluding diaryl/α,β-unsaturated/α-hetero) is 1. The van der Waals surface area contributed by atoms with Gasteiger partial charge in [0.2, 0.25) is 0 Å². The van der Waals surface area contributed by atoms with Crippen LogP contribution in [0.15, 0.2) is 71.6 Å². The highest BCUT2D eigenvalue weighted by Gasteiger charge is 2.14. The monoisotopic (exact) mass is 426 g/mol. The molecule has 0 aliphatic carbocycles. The molecule has 3 aromatic rings. The quantitative estimate of drug-likeness (QED) is 0.295. The Morgan fingerprint density at radius 3 is 2.14 bits per heavy atom. The first-order valence-corrected chi connectivity index (χ1v) is 10.6. The second-order valence-electron chi connectivity index (χ2n) is 6.62. The second kappa shape index (κ2) is 9.47. The summed E-state index contributed by atoms with van der Waals surface area (Å²) in [6.45, 7) is 4.11. The molecule has 0 spiro atoms. The largest absolute Gasteiger partial charge is 0.288 e. The lowest BCUT2D eigenvalue weighted by Crippen LogP contribution is -2.02. The van der Waals surface area contributed by atoms with Gasteiger partial charge in [0.25, 0.3) is 0 Å². The molecule has 0 unspecified atom stereocenters. The summed E-state index contributed by atoms with van der Waals surface area (Å²) in [7, 11) is 0. The highest BCUT2D eigenvalue weighted by atomic mass is 35.5. The Morgan fingerprint density at radius 1 is 0.893 bits per heavy atom. The standard InChI is InChI=1S/C24H20Cl2OS/c1-16-3-4-17(2)20(13-16)14-23(24(27)19-7-11-22(26)12-8-19)28-15-18-5-9-21(25)10-6-18/h3-14H,15H2,1-2H3/b23-14+. The van der Waals surface area contributed by atoms with Crippen LogP contribution in [0.5, 0.6) is 0 Å². The molecule has 0 atom stereocenters. The lowest BCUT2D eigenvalue weighted by molar-refractivity contribution is 0.104. The van der Waals surface area contributed by atoms with E-state index in [4.69, 9.17) is 23.2 Å². The van der Waals surface area contributed by atoms with E-state index in [1.54, 1.807) is 24.3 Å². The lowest BCUT2D eigenvalue weighted by Gasteiger charge is -2.10. The van der Waals surface area contributed by atoms with Gasteiger partial charge in [-0.1, -0.05) is 59.1 Å². The zero-order valence-corrected chi connectivity index (χ0v) is 18.0.